The van der Waals surface area contributed by atoms with Crippen LogP contribution < -0.4 is 10.9 Å². The first-order valence-electron chi connectivity index (χ1n) is 7.07. The molecule has 0 aliphatic carbocycles. The molecule has 0 fully saturated rings. The SMILES string of the molecule is CC(C)(C)C1=C(C(C)(C)C)C(=O)C(C(C)(C)C)NN1. The van der Waals surface area contributed by atoms with Crippen LogP contribution in [0.3, 0.4) is 0 Å². The van der Waals surface area contributed by atoms with Gasteiger partial charge in [-0.2, -0.15) is 0 Å². The van der Waals surface area contributed by atoms with Crippen LogP contribution in [0.1, 0.15) is 62.3 Å². The van der Waals surface area contributed by atoms with Crippen molar-refractivity contribution in [3.8, 4) is 0 Å². The Morgan fingerprint density at radius 2 is 1.32 bits per heavy atom. The molecule has 3 nitrogen and oxygen atoms in total. The third kappa shape index (κ3) is 3.38. The van der Waals surface area contributed by atoms with E-state index in [0.29, 0.717) is 0 Å². The highest BCUT2D eigenvalue weighted by Crippen LogP contribution is 2.39. The summed E-state index contributed by atoms with van der Waals surface area (Å²) in [4.78, 5) is 12.9. The summed E-state index contributed by atoms with van der Waals surface area (Å²) in [5.74, 6) is 0.226. The van der Waals surface area contributed by atoms with Crippen LogP contribution in [-0.4, -0.2) is 11.8 Å². The van der Waals surface area contributed by atoms with Gasteiger partial charge in [0.05, 0.1) is 6.04 Å². The first-order valence-corrected chi connectivity index (χ1v) is 7.07. The predicted molar refractivity (Wildman–Crippen MR) is 80.5 cm³/mol. The zero-order chi connectivity index (χ0) is 15.2. The normalized spacial score (nSPS) is 22.6. The van der Waals surface area contributed by atoms with E-state index in [9.17, 15) is 4.79 Å². The summed E-state index contributed by atoms with van der Waals surface area (Å²) in [6.45, 7) is 19.0. The van der Waals surface area contributed by atoms with Crippen molar-refractivity contribution in [2.24, 2.45) is 16.2 Å². The Labute approximate surface area is 118 Å². The van der Waals surface area contributed by atoms with Crippen LogP contribution in [0.5, 0.6) is 0 Å². The van der Waals surface area contributed by atoms with Crippen molar-refractivity contribution in [3.05, 3.63) is 11.3 Å². The van der Waals surface area contributed by atoms with E-state index in [1.807, 2.05) is 0 Å². The van der Waals surface area contributed by atoms with E-state index >= 15 is 0 Å². The van der Waals surface area contributed by atoms with Crippen LogP contribution >= 0.6 is 0 Å². The van der Waals surface area contributed by atoms with E-state index in [1.165, 1.54) is 0 Å². The maximum atomic E-state index is 12.9. The van der Waals surface area contributed by atoms with Gasteiger partial charge in [0.25, 0.3) is 0 Å². The zero-order valence-corrected chi connectivity index (χ0v) is 14.0. The highest BCUT2D eigenvalue weighted by Gasteiger charge is 2.43. The van der Waals surface area contributed by atoms with Gasteiger partial charge < -0.3 is 5.43 Å². The quantitative estimate of drug-likeness (QED) is 0.706. The first-order chi connectivity index (χ1) is 8.26. The topological polar surface area (TPSA) is 41.1 Å². The highest BCUT2D eigenvalue weighted by molar-refractivity contribution is 6.02. The first kappa shape index (κ1) is 16.2. The van der Waals surface area contributed by atoms with Gasteiger partial charge in [0, 0.05) is 16.7 Å². The number of allylic oxidation sites excluding steroid dienone is 1. The van der Waals surface area contributed by atoms with Gasteiger partial charge in [-0.3, -0.25) is 4.79 Å². The molecular formula is C16H30N2O. The van der Waals surface area contributed by atoms with Gasteiger partial charge in [-0.25, -0.2) is 5.43 Å². The predicted octanol–water partition coefficient (Wildman–Crippen LogP) is 3.42. The van der Waals surface area contributed by atoms with Gasteiger partial charge in [-0.05, 0) is 10.8 Å². The molecule has 1 unspecified atom stereocenters. The van der Waals surface area contributed by atoms with Crippen LogP contribution in [0.25, 0.3) is 0 Å². The van der Waals surface area contributed by atoms with Crippen molar-refractivity contribution >= 4 is 5.78 Å². The lowest BCUT2D eigenvalue weighted by atomic mass is 9.71. The maximum Gasteiger partial charge on any atom is 0.180 e. The minimum absolute atomic E-state index is 0.0753. The molecule has 0 amide bonds. The highest BCUT2D eigenvalue weighted by atomic mass is 16.1. The minimum atomic E-state index is -0.187. The molecule has 1 aliphatic rings. The van der Waals surface area contributed by atoms with Crippen molar-refractivity contribution in [2.45, 2.75) is 68.4 Å². The Kier molecular flexibility index (Phi) is 3.95. The van der Waals surface area contributed by atoms with Gasteiger partial charge in [-0.1, -0.05) is 62.3 Å². The van der Waals surface area contributed by atoms with Crippen LogP contribution in [0, 0.1) is 16.2 Å². The molecule has 2 N–H and O–H groups in total. The van der Waals surface area contributed by atoms with Crippen molar-refractivity contribution in [1.82, 2.24) is 10.9 Å². The molecule has 0 radical (unpaired) electrons. The molecule has 3 heteroatoms. The number of hydrogen-bond donors (Lipinski definition) is 2. The van der Waals surface area contributed by atoms with E-state index in [1.54, 1.807) is 0 Å². The summed E-state index contributed by atoms with van der Waals surface area (Å²) in [5, 5.41) is 0. The van der Waals surface area contributed by atoms with E-state index in [2.05, 4.69) is 73.2 Å². The number of nitrogens with one attached hydrogen (secondary N) is 2. The van der Waals surface area contributed by atoms with Crippen molar-refractivity contribution in [3.63, 3.8) is 0 Å². The summed E-state index contributed by atoms with van der Waals surface area (Å²) >= 11 is 0. The standard InChI is InChI=1S/C16H30N2O/c1-14(2,3)10-11(19)13(16(7,8)9)18-17-12(10)15(4,5)6/h13,17-18H,1-9H3. The van der Waals surface area contributed by atoms with E-state index in [4.69, 9.17) is 0 Å². The zero-order valence-electron chi connectivity index (χ0n) is 14.0. The van der Waals surface area contributed by atoms with Crippen molar-refractivity contribution in [2.75, 3.05) is 0 Å². The molecule has 0 aromatic rings. The second-order valence-electron chi connectivity index (χ2n) is 8.68. The Morgan fingerprint density at radius 3 is 1.63 bits per heavy atom. The average Bonchev–Trinajstić information content (AvgIpc) is 2.11. The Hall–Kier alpha value is -0.830. The third-order valence-corrected chi connectivity index (χ3v) is 3.47. The van der Waals surface area contributed by atoms with Crippen LogP contribution in [0.2, 0.25) is 0 Å². The third-order valence-electron chi connectivity index (χ3n) is 3.47. The lowest BCUT2D eigenvalue weighted by Crippen LogP contribution is -2.59. The van der Waals surface area contributed by atoms with Crippen LogP contribution in [0.15, 0.2) is 11.3 Å². The van der Waals surface area contributed by atoms with Crippen LogP contribution in [0.4, 0.5) is 0 Å². The minimum Gasteiger partial charge on any atom is -0.324 e. The smallest absolute Gasteiger partial charge is 0.180 e. The number of Topliss-reactive ketones (excluding diaryl/α,β-unsaturated/α-hetero) is 1. The summed E-state index contributed by atoms with van der Waals surface area (Å²) in [6.07, 6.45) is 0. The van der Waals surface area contributed by atoms with Crippen molar-refractivity contribution < 1.29 is 4.79 Å². The lowest BCUT2D eigenvalue weighted by molar-refractivity contribution is -0.122. The summed E-state index contributed by atoms with van der Waals surface area (Å²) in [6, 6.07) is -0.187. The number of ketones is 1. The van der Waals surface area contributed by atoms with Gasteiger partial charge in [0.1, 0.15) is 0 Å². The monoisotopic (exact) mass is 266 g/mol. The number of hydrogen-bond acceptors (Lipinski definition) is 3. The number of rotatable bonds is 0. The Morgan fingerprint density at radius 1 is 0.842 bits per heavy atom. The lowest BCUT2D eigenvalue weighted by Gasteiger charge is -2.43. The molecule has 1 aliphatic heterocycles. The largest absolute Gasteiger partial charge is 0.324 e. The second-order valence-corrected chi connectivity index (χ2v) is 8.68. The summed E-state index contributed by atoms with van der Waals surface area (Å²) in [7, 11) is 0. The van der Waals surface area contributed by atoms with Crippen molar-refractivity contribution in [1.29, 1.82) is 0 Å². The van der Waals surface area contributed by atoms with E-state index in [0.717, 1.165) is 11.3 Å². The van der Waals surface area contributed by atoms with Gasteiger partial charge in [0.2, 0.25) is 0 Å². The van der Waals surface area contributed by atoms with Gasteiger partial charge >= 0.3 is 0 Å². The van der Waals surface area contributed by atoms with E-state index < -0.39 is 0 Å². The Bertz CT molecular complexity index is 400. The molecule has 1 heterocycles. The Balaban J connectivity index is 3.39. The fourth-order valence-corrected chi connectivity index (χ4v) is 2.46. The molecule has 0 aromatic carbocycles. The molecule has 0 bridgehead atoms. The maximum absolute atomic E-state index is 12.9. The molecule has 19 heavy (non-hydrogen) atoms. The summed E-state index contributed by atoms with van der Waals surface area (Å²) < 4.78 is 0. The number of carbonyl (C=O) groups excluding carboxylic acids is 1. The van der Waals surface area contributed by atoms with Gasteiger partial charge in [-0.15, -0.1) is 0 Å². The molecule has 0 saturated heterocycles. The van der Waals surface area contributed by atoms with Crippen LogP contribution in [-0.2, 0) is 4.79 Å². The average molecular weight is 266 g/mol. The molecule has 0 saturated carbocycles. The molecule has 0 aromatic heterocycles. The van der Waals surface area contributed by atoms with E-state index in [-0.39, 0.29) is 28.1 Å². The summed E-state index contributed by atoms with van der Waals surface area (Å²) in [5.41, 5.74) is 8.13. The fraction of sp³-hybridized carbons (Fsp3) is 0.812. The fourth-order valence-electron chi connectivity index (χ4n) is 2.46. The molecule has 110 valence electrons. The molecule has 0 spiro atoms. The molecule has 1 atom stereocenters. The number of hydrazine groups is 1. The van der Waals surface area contributed by atoms with Gasteiger partial charge in [0.15, 0.2) is 5.78 Å². The molecule has 1 rings (SSSR count). The molecular weight excluding hydrogens is 236 g/mol. The number of carbonyl (C=O) groups is 1. The second kappa shape index (κ2) is 4.62.